The summed E-state index contributed by atoms with van der Waals surface area (Å²) < 4.78 is 6.13. The third-order valence-electron chi connectivity index (χ3n) is 4.28. The summed E-state index contributed by atoms with van der Waals surface area (Å²) in [4.78, 5) is 2.06. The summed E-state index contributed by atoms with van der Waals surface area (Å²) in [5, 5.41) is 9.44. The molecule has 1 aliphatic heterocycles. The average Bonchev–Trinajstić information content (AvgIpc) is 2.59. The summed E-state index contributed by atoms with van der Waals surface area (Å²) >= 11 is 0. The standard InChI is InChI=1S/C21H18N2O/c1-23(2)16-9-11-18-20(13-16)24-19-12-15(22)8-10-17(19)21(18)14-6-4-3-5-7-14/h3-13,22H,1-2H3. The Kier molecular flexibility index (Phi) is 3.35. The van der Waals surface area contributed by atoms with Gasteiger partial charge in [-0.1, -0.05) is 30.3 Å². The Morgan fingerprint density at radius 1 is 0.875 bits per heavy atom. The smallest absolute Gasteiger partial charge is 0.137 e. The summed E-state index contributed by atoms with van der Waals surface area (Å²) in [7, 11) is 4.03. The monoisotopic (exact) mass is 314 g/mol. The number of benzene rings is 3. The minimum atomic E-state index is 0.452. The fourth-order valence-electron chi connectivity index (χ4n) is 3.07. The van der Waals surface area contributed by atoms with Gasteiger partial charge >= 0.3 is 0 Å². The van der Waals surface area contributed by atoms with Gasteiger partial charge < -0.3 is 14.7 Å². The maximum absolute atomic E-state index is 7.90. The van der Waals surface area contributed by atoms with Crippen molar-refractivity contribution in [2.45, 2.75) is 0 Å². The molecule has 4 rings (SSSR count). The molecule has 3 heteroatoms. The molecule has 2 aliphatic rings. The first-order valence-corrected chi connectivity index (χ1v) is 7.91. The van der Waals surface area contributed by atoms with E-state index in [0.29, 0.717) is 5.36 Å². The van der Waals surface area contributed by atoms with Crippen molar-refractivity contribution in [3.63, 3.8) is 0 Å². The van der Waals surface area contributed by atoms with E-state index < -0.39 is 0 Å². The highest BCUT2D eigenvalue weighted by atomic mass is 16.3. The molecule has 2 aromatic rings. The first-order valence-electron chi connectivity index (χ1n) is 7.91. The number of hydrogen-bond donors (Lipinski definition) is 1. The highest BCUT2D eigenvalue weighted by molar-refractivity contribution is 6.02. The van der Waals surface area contributed by atoms with Crippen LogP contribution in [0.2, 0.25) is 0 Å². The van der Waals surface area contributed by atoms with Crippen LogP contribution < -0.4 is 10.3 Å². The second kappa shape index (κ2) is 5.53. The Hall–Kier alpha value is -3.07. The Labute approximate surface area is 140 Å². The maximum atomic E-state index is 7.90. The first kappa shape index (κ1) is 14.5. The lowest BCUT2D eigenvalue weighted by atomic mass is 9.93. The van der Waals surface area contributed by atoms with Crippen LogP contribution in [0.3, 0.4) is 0 Å². The zero-order chi connectivity index (χ0) is 16.7. The van der Waals surface area contributed by atoms with Crippen LogP contribution in [0.25, 0.3) is 33.4 Å². The maximum Gasteiger partial charge on any atom is 0.137 e. The van der Waals surface area contributed by atoms with Gasteiger partial charge in [-0.2, -0.15) is 0 Å². The van der Waals surface area contributed by atoms with Gasteiger partial charge in [-0.25, -0.2) is 0 Å². The topological polar surface area (TPSA) is 40.2 Å². The number of fused-ring (bicyclic) bond motifs is 2. The molecule has 118 valence electrons. The molecule has 24 heavy (non-hydrogen) atoms. The predicted octanol–water partition coefficient (Wildman–Crippen LogP) is 4.75. The van der Waals surface area contributed by atoms with Gasteiger partial charge in [-0.3, -0.25) is 0 Å². The van der Waals surface area contributed by atoms with E-state index in [4.69, 9.17) is 9.83 Å². The Balaban J connectivity index is 2.15. The minimum absolute atomic E-state index is 0.452. The van der Waals surface area contributed by atoms with Crippen LogP contribution in [-0.2, 0) is 0 Å². The molecule has 2 aromatic carbocycles. The third-order valence-corrected chi connectivity index (χ3v) is 4.28. The van der Waals surface area contributed by atoms with Crippen LogP contribution in [0.1, 0.15) is 0 Å². The summed E-state index contributed by atoms with van der Waals surface area (Å²) in [6.07, 6.45) is 0. The van der Waals surface area contributed by atoms with E-state index >= 15 is 0 Å². The van der Waals surface area contributed by atoms with Gasteiger partial charge in [0.15, 0.2) is 0 Å². The number of anilines is 1. The molecule has 0 atom stereocenters. The molecule has 0 fully saturated rings. The number of hydrogen-bond acceptors (Lipinski definition) is 3. The fourth-order valence-corrected chi connectivity index (χ4v) is 3.07. The van der Waals surface area contributed by atoms with Gasteiger partial charge in [0.2, 0.25) is 0 Å². The van der Waals surface area contributed by atoms with Crippen molar-refractivity contribution < 1.29 is 4.42 Å². The summed E-state index contributed by atoms with van der Waals surface area (Å²) in [6, 6.07) is 22.2. The molecule has 0 amide bonds. The molecule has 0 spiro atoms. The fraction of sp³-hybridized carbons (Fsp3) is 0.0952. The molecule has 0 bridgehead atoms. The quantitative estimate of drug-likeness (QED) is 0.542. The Morgan fingerprint density at radius 2 is 1.67 bits per heavy atom. The highest BCUT2D eigenvalue weighted by Gasteiger charge is 2.17. The van der Waals surface area contributed by atoms with Crippen LogP contribution in [-0.4, -0.2) is 14.1 Å². The molecule has 1 heterocycles. The van der Waals surface area contributed by atoms with Crippen molar-refractivity contribution in [3.8, 4) is 22.5 Å². The lowest BCUT2D eigenvalue weighted by Gasteiger charge is -2.17. The summed E-state index contributed by atoms with van der Waals surface area (Å²) in [5.41, 5.74) is 5.25. The lowest BCUT2D eigenvalue weighted by Crippen LogP contribution is -2.08. The van der Waals surface area contributed by atoms with Gasteiger partial charge in [-0.15, -0.1) is 0 Å². The van der Waals surface area contributed by atoms with Crippen molar-refractivity contribution in [1.82, 2.24) is 0 Å². The van der Waals surface area contributed by atoms with E-state index in [2.05, 4.69) is 35.2 Å². The van der Waals surface area contributed by atoms with Gasteiger partial charge in [-0.05, 0) is 29.8 Å². The molecular formula is C21H18N2O. The Morgan fingerprint density at radius 3 is 2.42 bits per heavy atom. The lowest BCUT2D eigenvalue weighted by molar-refractivity contribution is 0.619. The van der Waals surface area contributed by atoms with E-state index in [-0.39, 0.29) is 0 Å². The van der Waals surface area contributed by atoms with Gasteiger partial charge in [0.05, 0.1) is 5.36 Å². The van der Waals surface area contributed by atoms with E-state index in [9.17, 15) is 0 Å². The number of rotatable bonds is 2. The molecule has 1 aliphatic carbocycles. The zero-order valence-corrected chi connectivity index (χ0v) is 13.7. The first-order chi connectivity index (χ1) is 11.6. The van der Waals surface area contributed by atoms with Crippen molar-refractivity contribution in [3.05, 3.63) is 72.1 Å². The number of nitrogens with one attached hydrogen (secondary N) is 1. The third kappa shape index (κ3) is 2.35. The second-order valence-electron chi connectivity index (χ2n) is 6.13. The Bertz CT molecular complexity index is 1050. The summed E-state index contributed by atoms with van der Waals surface area (Å²) in [5.74, 6) is 0.741. The zero-order valence-electron chi connectivity index (χ0n) is 13.7. The van der Waals surface area contributed by atoms with Crippen molar-refractivity contribution in [2.75, 3.05) is 19.0 Å². The minimum Gasteiger partial charge on any atom is -0.456 e. The van der Waals surface area contributed by atoms with Gasteiger partial charge in [0, 0.05) is 48.4 Å². The van der Waals surface area contributed by atoms with E-state index in [0.717, 1.165) is 39.1 Å². The molecule has 1 N–H and O–H groups in total. The van der Waals surface area contributed by atoms with Gasteiger partial charge in [0.1, 0.15) is 11.3 Å². The van der Waals surface area contributed by atoms with Crippen LogP contribution >= 0.6 is 0 Å². The molecule has 3 nitrogen and oxygen atoms in total. The van der Waals surface area contributed by atoms with Crippen molar-refractivity contribution >= 4 is 16.7 Å². The van der Waals surface area contributed by atoms with Crippen molar-refractivity contribution in [2.24, 2.45) is 0 Å². The van der Waals surface area contributed by atoms with Crippen LogP contribution in [0.5, 0.6) is 0 Å². The summed E-state index contributed by atoms with van der Waals surface area (Å²) in [6.45, 7) is 0. The normalized spacial score (nSPS) is 11.1. The molecule has 0 aromatic heterocycles. The molecule has 0 radical (unpaired) electrons. The predicted molar refractivity (Wildman–Crippen MR) is 98.5 cm³/mol. The average molecular weight is 314 g/mol. The van der Waals surface area contributed by atoms with Crippen LogP contribution in [0.15, 0.2) is 71.1 Å². The second-order valence-corrected chi connectivity index (χ2v) is 6.13. The van der Waals surface area contributed by atoms with E-state index in [1.165, 1.54) is 0 Å². The van der Waals surface area contributed by atoms with E-state index in [1.807, 2.05) is 44.4 Å². The highest BCUT2D eigenvalue weighted by Crippen LogP contribution is 2.40. The van der Waals surface area contributed by atoms with Crippen LogP contribution in [0, 0.1) is 5.41 Å². The molecule has 0 unspecified atom stereocenters. The number of nitrogens with zero attached hydrogens (tertiary/aromatic N) is 1. The van der Waals surface area contributed by atoms with Crippen LogP contribution in [0.4, 0.5) is 5.69 Å². The van der Waals surface area contributed by atoms with Crippen molar-refractivity contribution in [1.29, 1.82) is 5.41 Å². The van der Waals surface area contributed by atoms with Gasteiger partial charge in [0.25, 0.3) is 0 Å². The van der Waals surface area contributed by atoms with E-state index in [1.54, 1.807) is 6.07 Å². The largest absolute Gasteiger partial charge is 0.456 e. The molecule has 0 saturated heterocycles. The molecular weight excluding hydrogens is 296 g/mol. The molecule has 0 saturated carbocycles. The SMILES string of the molecule is CN(C)c1ccc2c(-c3ccccc3)c3ccc(=N)cc-3oc2c1.